The smallest absolute Gasteiger partial charge is 0.317 e. The largest absolute Gasteiger partial charge is 0.491 e. The molecule has 1 unspecified atom stereocenters. The number of hydrogen-bond acceptors (Lipinski definition) is 5. The molecule has 1 aromatic rings. The van der Waals surface area contributed by atoms with Crippen LogP contribution < -0.4 is 10.1 Å². The summed E-state index contributed by atoms with van der Waals surface area (Å²) in [5.74, 6) is 0.866. The van der Waals surface area contributed by atoms with E-state index in [9.17, 15) is 4.79 Å². The normalized spacial score (nSPS) is 21.5. The van der Waals surface area contributed by atoms with Crippen molar-refractivity contribution in [2.24, 2.45) is 0 Å². The predicted octanol–water partition coefficient (Wildman–Crippen LogP) is 2.45. The molecule has 7 nitrogen and oxygen atoms in total. The van der Waals surface area contributed by atoms with Crippen molar-refractivity contribution in [3.63, 3.8) is 0 Å². The molecule has 0 bridgehead atoms. The average Bonchev–Trinajstić information content (AvgIpc) is 2.73. The second-order valence-electron chi connectivity index (χ2n) is 7.39. The molecule has 0 aromatic heterocycles. The summed E-state index contributed by atoms with van der Waals surface area (Å²) in [4.78, 5) is 14.0. The van der Waals surface area contributed by atoms with Gasteiger partial charge in [0, 0.05) is 39.8 Å². The zero-order chi connectivity index (χ0) is 19.7. The molecule has 0 saturated carbocycles. The molecule has 2 aliphatic heterocycles. The predicted molar refractivity (Wildman–Crippen MR) is 106 cm³/mol. The first kappa shape index (κ1) is 20.9. The van der Waals surface area contributed by atoms with Gasteiger partial charge in [0.25, 0.3) is 0 Å². The summed E-state index contributed by atoms with van der Waals surface area (Å²) in [5.41, 5.74) is -0.160. The van der Waals surface area contributed by atoms with E-state index < -0.39 is 0 Å². The number of urea groups is 1. The number of benzene rings is 1. The standard InChI is InChI=1S/C21H32N2O5/c1-25-14-10-22-20(24)23-11-8-21(9-12-23)17-19(7-13-28-21)27-16-15-26-18-5-3-2-4-6-18/h2-6,19H,7-17H2,1H3,(H,22,24). The Kier molecular flexibility index (Phi) is 7.94. The van der Waals surface area contributed by atoms with Crippen LogP contribution in [-0.2, 0) is 14.2 Å². The number of para-hydroxylation sites is 1. The van der Waals surface area contributed by atoms with Crippen LogP contribution in [0.1, 0.15) is 25.7 Å². The highest BCUT2D eigenvalue weighted by atomic mass is 16.5. The molecule has 28 heavy (non-hydrogen) atoms. The lowest BCUT2D eigenvalue weighted by atomic mass is 9.83. The van der Waals surface area contributed by atoms with Gasteiger partial charge >= 0.3 is 6.03 Å². The maximum absolute atomic E-state index is 12.2. The zero-order valence-corrected chi connectivity index (χ0v) is 16.7. The van der Waals surface area contributed by atoms with Gasteiger partial charge in [0.1, 0.15) is 12.4 Å². The van der Waals surface area contributed by atoms with Crippen LogP contribution in [0.25, 0.3) is 0 Å². The van der Waals surface area contributed by atoms with E-state index in [-0.39, 0.29) is 17.7 Å². The van der Waals surface area contributed by atoms with Crippen molar-refractivity contribution < 1.29 is 23.7 Å². The van der Waals surface area contributed by atoms with Gasteiger partial charge < -0.3 is 29.2 Å². The number of rotatable bonds is 8. The molecule has 7 heteroatoms. The lowest BCUT2D eigenvalue weighted by molar-refractivity contribution is -0.153. The molecule has 2 saturated heterocycles. The maximum atomic E-state index is 12.2. The quantitative estimate of drug-likeness (QED) is 0.688. The Morgan fingerprint density at radius 3 is 2.75 bits per heavy atom. The fourth-order valence-corrected chi connectivity index (χ4v) is 3.85. The minimum Gasteiger partial charge on any atom is -0.491 e. The van der Waals surface area contributed by atoms with Crippen LogP contribution in [-0.4, -0.2) is 75.8 Å². The van der Waals surface area contributed by atoms with Crippen molar-refractivity contribution in [3.8, 4) is 5.75 Å². The lowest BCUT2D eigenvalue weighted by Crippen LogP contribution is -2.54. The molecule has 2 heterocycles. The first-order chi connectivity index (χ1) is 13.7. The van der Waals surface area contributed by atoms with Crippen LogP contribution in [0.4, 0.5) is 4.79 Å². The highest BCUT2D eigenvalue weighted by Crippen LogP contribution is 2.36. The molecule has 0 radical (unpaired) electrons. The summed E-state index contributed by atoms with van der Waals surface area (Å²) in [6.07, 6.45) is 3.69. The zero-order valence-electron chi connectivity index (χ0n) is 16.7. The topological polar surface area (TPSA) is 69.3 Å². The second kappa shape index (κ2) is 10.6. The number of piperidine rings is 1. The number of likely N-dealkylation sites (tertiary alicyclic amines) is 1. The highest BCUT2D eigenvalue weighted by Gasteiger charge is 2.41. The van der Waals surface area contributed by atoms with Gasteiger partial charge in [0.05, 0.1) is 24.9 Å². The van der Waals surface area contributed by atoms with Gasteiger partial charge in [0.2, 0.25) is 0 Å². The molecule has 3 rings (SSSR count). The molecule has 2 amide bonds. The monoisotopic (exact) mass is 392 g/mol. The minimum absolute atomic E-state index is 0.0198. The van der Waals surface area contributed by atoms with Crippen molar-refractivity contribution in [1.29, 1.82) is 0 Å². The van der Waals surface area contributed by atoms with Gasteiger partial charge in [-0.15, -0.1) is 0 Å². The molecule has 1 N–H and O–H groups in total. The summed E-state index contributed by atoms with van der Waals surface area (Å²) in [7, 11) is 1.63. The van der Waals surface area contributed by atoms with Crippen LogP contribution >= 0.6 is 0 Å². The molecule has 2 fully saturated rings. The van der Waals surface area contributed by atoms with Crippen molar-refractivity contribution in [2.75, 3.05) is 53.2 Å². The van der Waals surface area contributed by atoms with Crippen molar-refractivity contribution in [3.05, 3.63) is 30.3 Å². The third-order valence-electron chi connectivity index (χ3n) is 5.44. The van der Waals surface area contributed by atoms with E-state index >= 15 is 0 Å². The summed E-state index contributed by atoms with van der Waals surface area (Å²) in [6, 6.07) is 9.77. The fraction of sp³-hybridized carbons (Fsp3) is 0.667. The first-order valence-electron chi connectivity index (χ1n) is 10.2. The number of nitrogens with one attached hydrogen (secondary N) is 1. The Labute approximate surface area is 167 Å². The molecular weight excluding hydrogens is 360 g/mol. The Hall–Kier alpha value is -1.83. The number of carbonyl (C=O) groups is 1. The van der Waals surface area contributed by atoms with E-state index in [1.165, 1.54) is 0 Å². The Morgan fingerprint density at radius 2 is 2.00 bits per heavy atom. The highest BCUT2D eigenvalue weighted by molar-refractivity contribution is 5.74. The summed E-state index contributed by atoms with van der Waals surface area (Å²) >= 11 is 0. The maximum Gasteiger partial charge on any atom is 0.317 e. The van der Waals surface area contributed by atoms with E-state index in [0.29, 0.717) is 46.1 Å². The number of carbonyl (C=O) groups excluding carboxylic acids is 1. The molecule has 1 atom stereocenters. The van der Waals surface area contributed by atoms with E-state index in [0.717, 1.165) is 31.4 Å². The van der Waals surface area contributed by atoms with Crippen LogP contribution in [0, 0.1) is 0 Å². The van der Waals surface area contributed by atoms with E-state index in [4.69, 9.17) is 18.9 Å². The van der Waals surface area contributed by atoms with Gasteiger partial charge in [-0.05, 0) is 31.4 Å². The molecule has 1 aromatic carbocycles. The molecule has 156 valence electrons. The van der Waals surface area contributed by atoms with Gasteiger partial charge in [-0.2, -0.15) is 0 Å². The Morgan fingerprint density at radius 1 is 1.21 bits per heavy atom. The Bertz CT molecular complexity index is 590. The van der Waals surface area contributed by atoms with Crippen LogP contribution in [0.2, 0.25) is 0 Å². The number of amides is 2. The average molecular weight is 392 g/mol. The van der Waals surface area contributed by atoms with Crippen LogP contribution in [0.3, 0.4) is 0 Å². The number of nitrogens with zero attached hydrogens (tertiary/aromatic N) is 1. The molecular formula is C21H32N2O5. The SMILES string of the molecule is COCCNC(=O)N1CCC2(CC1)CC(OCCOc1ccccc1)CCO2. The van der Waals surface area contributed by atoms with E-state index in [1.54, 1.807) is 7.11 Å². The number of hydrogen-bond donors (Lipinski definition) is 1. The van der Waals surface area contributed by atoms with Gasteiger partial charge in [-0.3, -0.25) is 0 Å². The Balaban J connectivity index is 1.37. The summed E-state index contributed by atoms with van der Waals surface area (Å²) in [5, 5.41) is 2.88. The summed E-state index contributed by atoms with van der Waals surface area (Å²) < 4.78 is 22.9. The molecule has 2 aliphatic rings. The van der Waals surface area contributed by atoms with Gasteiger partial charge in [0.15, 0.2) is 0 Å². The van der Waals surface area contributed by atoms with Gasteiger partial charge in [-0.1, -0.05) is 18.2 Å². The van der Waals surface area contributed by atoms with Gasteiger partial charge in [-0.25, -0.2) is 4.79 Å². The third-order valence-corrected chi connectivity index (χ3v) is 5.44. The first-order valence-corrected chi connectivity index (χ1v) is 10.2. The minimum atomic E-state index is -0.160. The fourth-order valence-electron chi connectivity index (χ4n) is 3.85. The van der Waals surface area contributed by atoms with Crippen LogP contribution in [0.15, 0.2) is 30.3 Å². The summed E-state index contributed by atoms with van der Waals surface area (Å²) in [6.45, 7) is 4.32. The van der Waals surface area contributed by atoms with Crippen molar-refractivity contribution in [2.45, 2.75) is 37.4 Å². The number of ether oxygens (including phenoxy) is 4. The van der Waals surface area contributed by atoms with Crippen molar-refractivity contribution >= 4 is 6.03 Å². The van der Waals surface area contributed by atoms with Crippen molar-refractivity contribution in [1.82, 2.24) is 10.2 Å². The lowest BCUT2D eigenvalue weighted by Gasteiger charge is -2.46. The molecule has 0 aliphatic carbocycles. The van der Waals surface area contributed by atoms with Crippen LogP contribution in [0.5, 0.6) is 5.75 Å². The number of methoxy groups -OCH3 is 1. The van der Waals surface area contributed by atoms with E-state index in [2.05, 4.69) is 5.32 Å². The third kappa shape index (κ3) is 6.09. The second-order valence-corrected chi connectivity index (χ2v) is 7.39. The molecule has 1 spiro atoms. The van der Waals surface area contributed by atoms with E-state index in [1.807, 2.05) is 35.2 Å².